The highest BCUT2D eigenvalue weighted by Gasteiger charge is 2.42. The maximum absolute atomic E-state index is 6.36. The van der Waals surface area contributed by atoms with Crippen molar-refractivity contribution in [2.75, 3.05) is 4.90 Å². The molecule has 1 aliphatic rings. The predicted octanol–water partition coefficient (Wildman–Crippen LogP) is 6.57. The van der Waals surface area contributed by atoms with Gasteiger partial charge in [-0.25, -0.2) is 0 Å². The number of benzene rings is 2. The quantitative estimate of drug-likeness (QED) is 0.331. The van der Waals surface area contributed by atoms with Gasteiger partial charge < -0.3 is 14.6 Å². The lowest BCUT2D eigenvalue weighted by Gasteiger charge is -2.26. The molecule has 0 aliphatic carbocycles. The van der Waals surface area contributed by atoms with Gasteiger partial charge in [0, 0.05) is 16.8 Å². The largest absolute Gasteiger partial charge is 0.452 e. The van der Waals surface area contributed by atoms with Crippen LogP contribution in [0.1, 0.15) is 36.0 Å². The first kappa shape index (κ1) is 20.8. The summed E-state index contributed by atoms with van der Waals surface area (Å²) < 4.78 is 6.36. The van der Waals surface area contributed by atoms with E-state index >= 15 is 0 Å². The van der Waals surface area contributed by atoms with Gasteiger partial charge >= 0.3 is 0 Å². The van der Waals surface area contributed by atoms with Gasteiger partial charge in [0.05, 0.1) is 11.7 Å². The van der Waals surface area contributed by atoms with Crippen LogP contribution in [0.25, 0.3) is 0 Å². The fourth-order valence-electron chi connectivity index (χ4n) is 3.97. The molecule has 1 saturated heterocycles. The van der Waals surface area contributed by atoms with E-state index in [2.05, 4.69) is 64.6 Å². The Balaban J connectivity index is 1.52. The van der Waals surface area contributed by atoms with Gasteiger partial charge in [-0.3, -0.25) is 4.98 Å². The average molecular weight is 458 g/mol. The molecule has 1 N–H and O–H groups in total. The second-order valence-electron chi connectivity index (χ2n) is 7.59. The molecule has 5 rings (SSSR count). The minimum atomic E-state index is -0.144. The van der Waals surface area contributed by atoms with Crippen LogP contribution in [0.4, 0.5) is 5.69 Å². The van der Waals surface area contributed by atoms with E-state index in [1.165, 1.54) is 5.56 Å². The topological polar surface area (TPSA) is 41.3 Å². The zero-order valence-corrected chi connectivity index (χ0v) is 19.3. The third-order valence-corrected chi connectivity index (χ3v) is 6.82. The molecule has 2 aromatic heterocycles. The van der Waals surface area contributed by atoms with Crippen LogP contribution in [-0.4, -0.2) is 10.1 Å². The molecule has 2 atom stereocenters. The van der Waals surface area contributed by atoms with Crippen molar-refractivity contribution in [2.45, 2.75) is 35.4 Å². The number of anilines is 1. The lowest BCUT2D eigenvalue weighted by atomic mass is 10.0. The van der Waals surface area contributed by atoms with Gasteiger partial charge in [-0.05, 0) is 72.7 Å². The third kappa shape index (κ3) is 4.16. The van der Waals surface area contributed by atoms with Crippen molar-refractivity contribution in [3.8, 4) is 0 Å². The molecule has 0 saturated carbocycles. The number of rotatable bonds is 6. The zero-order chi connectivity index (χ0) is 21.9. The van der Waals surface area contributed by atoms with Crippen LogP contribution in [-0.2, 0) is 6.42 Å². The number of nitrogens with zero attached hydrogens (tertiary/aromatic N) is 2. The number of thiocarbonyl (C=S) groups is 1. The fraction of sp³-hybridized carbons (Fsp3) is 0.154. The van der Waals surface area contributed by atoms with Gasteiger partial charge in [0.15, 0.2) is 10.2 Å². The minimum Gasteiger partial charge on any atom is -0.452 e. The number of furan rings is 1. The smallest absolute Gasteiger partial charge is 0.174 e. The van der Waals surface area contributed by atoms with Crippen molar-refractivity contribution < 1.29 is 4.42 Å². The van der Waals surface area contributed by atoms with Gasteiger partial charge in [-0.15, -0.1) is 0 Å². The number of hydrogen-bond donors (Lipinski definition) is 1. The predicted molar refractivity (Wildman–Crippen MR) is 133 cm³/mol. The van der Waals surface area contributed by atoms with Crippen molar-refractivity contribution >= 4 is 34.8 Å². The normalized spacial score (nSPS) is 18.0. The van der Waals surface area contributed by atoms with Crippen LogP contribution in [0, 0.1) is 0 Å². The van der Waals surface area contributed by atoms with E-state index in [0.717, 1.165) is 33.6 Å². The summed E-state index contributed by atoms with van der Waals surface area (Å²) in [5.41, 5.74) is 3.27. The lowest BCUT2D eigenvalue weighted by Crippen LogP contribution is -2.29. The summed E-state index contributed by atoms with van der Waals surface area (Å²) in [6.07, 6.45) is 2.82. The third-order valence-electron chi connectivity index (χ3n) is 5.58. The highest BCUT2D eigenvalue weighted by Crippen LogP contribution is 2.43. The number of pyridine rings is 1. The second kappa shape index (κ2) is 9.18. The molecule has 160 valence electrons. The number of aryl methyl sites for hydroxylation is 1. The number of nitrogens with one attached hydrogen (secondary N) is 1. The Morgan fingerprint density at radius 3 is 2.47 bits per heavy atom. The van der Waals surface area contributed by atoms with Crippen molar-refractivity contribution in [3.05, 3.63) is 108 Å². The van der Waals surface area contributed by atoms with Crippen molar-refractivity contribution in [1.29, 1.82) is 0 Å². The molecule has 32 heavy (non-hydrogen) atoms. The van der Waals surface area contributed by atoms with Crippen LogP contribution in [0.15, 0.2) is 106 Å². The van der Waals surface area contributed by atoms with Crippen molar-refractivity contribution in [3.63, 3.8) is 0 Å². The van der Waals surface area contributed by atoms with Crippen LogP contribution in [0.5, 0.6) is 0 Å². The SMILES string of the molecule is CCc1ccc(N2C(=S)N[C@@H](c3ccccn3)[C@H]2c2ccc(Sc3ccccc3)o2)cc1. The molecule has 4 aromatic rings. The molecule has 2 aromatic carbocycles. The number of hydrogen-bond acceptors (Lipinski definition) is 4. The van der Waals surface area contributed by atoms with E-state index in [1.54, 1.807) is 11.8 Å². The fourth-order valence-corrected chi connectivity index (χ4v) is 5.11. The van der Waals surface area contributed by atoms with E-state index in [-0.39, 0.29) is 12.1 Å². The van der Waals surface area contributed by atoms with Crippen LogP contribution in [0.2, 0.25) is 0 Å². The molecular formula is C26H23N3OS2. The second-order valence-corrected chi connectivity index (χ2v) is 9.05. The Kier molecular flexibility index (Phi) is 5.97. The molecule has 1 aliphatic heterocycles. The first-order valence-electron chi connectivity index (χ1n) is 10.6. The average Bonchev–Trinajstić information content (AvgIpc) is 3.44. The maximum atomic E-state index is 6.36. The van der Waals surface area contributed by atoms with E-state index in [1.807, 2.05) is 48.7 Å². The summed E-state index contributed by atoms with van der Waals surface area (Å²) in [5, 5.41) is 5.00. The molecular weight excluding hydrogens is 434 g/mol. The summed E-state index contributed by atoms with van der Waals surface area (Å²) in [6.45, 7) is 2.16. The van der Waals surface area contributed by atoms with E-state index in [4.69, 9.17) is 16.6 Å². The summed E-state index contributed by atoms with van der Waals surface area (Å²) in [6, 6.07) is 28.6. The van der Waals surface area contributed by atoms with Crippen LogP contribution in [0.3, 0.4) is 0 Å². The monoisotopic (exact) mass is 457 g/mol. The van der Waals surface area contributed by atoms with Crippen LogP contribution < -0.4 is 10.2 Å². The standard InChI is InChI=1S/C26H23N3OS2/c1-2-18-11-13-19(14-12-18)29-25(24(28-26(29)31)21-10-6-7-17-27-21)22-15-16-23(30-22)32-20-8-4-3-5-9-20/h3-17,24-25H,2H2,1H3,(H,28,31)/t24-,25+/m0/s1. The van der Waals surface area contributed by atoms with Gasteiger partial charge in [-0.1, -0.05) is 55.1 Å². The molecule has 0 radical (unpaired) electrons. The lowest BCUT2D eigenvalue weighted by molar-refractivity contribution is 0.383. The Labute approximate surface area is 197 Å². The number of aromatic nitrogens is 1. The van der Waals surface area contributed by atoms with Gasteiger partial charge in [0.1, 0.15) is 11.8 Å². The van der Waals surface area contributed by atoms with Crippen molar-refractivity contribution in [2.24, 2.45) is 0 Å². The van der Waals surface area contributed by atoms with E-state index < -0.39 is 0 Å². The highest BCUT2D eigenvalue weighted by atomic mass is 32.2. The van der Waals surface area contributed by atoms with E-state index in [9.17, 15) is 0 Å². The summed E-state index contributed by atoms with van der Waals surface area (Å²) in [7, 11) is 0. The summed E-state index contributed by atoms with van der Waals surface area (Å²) in [4.78, 5) is 7.89. The molecule has 3 heterocycles. The Morgan fingerprint density at radius 1 is 0.969 bits per heavy atom. The van der Waals surface area contributed by atoms with Gasteiger partial charge in [0.2, 0.25) is 0 Å². The molecule has 0 unspecified atom stereocenters. The maximum Gasteiger partial charge on any atom is 0.174 e. The zero-order valence-electron chi connectivity index (χ0n) is 17.6. The molecule has 0 spiro atoms. The van der Waals surface area contributed by atoms with Crippen molar-refractivity contribution in [1.82, 2.24) is 10.3 Å². The first-order chi connectivity index (χ1) is 15.7. The molecule has 0 amide bonds. The Bertz CT molecular complexity index is 1190. The molecule has 0 bridgehead atoms. The Morgan fingerprint density at radius 2 is 1.75 bits per heavy atom. The Hall–Kier alpha value is -3.09. The van der Waals surface area contributed by atoms with Gasteiger partial charge in [-0.2, -0.15) is 0 Å². The highest BCUT2D eigenvalue weighted by molar-refractivity contribution is 7.99. The van der Waals surface area contributed by atoms with E-state index in [0.29, 0.717) is 5.11 Å². The minimum absolute atomic E-state index is 0.115. The molecule has 1 fully saturated rings. The molecule has 6 heteroatoms. The first-order valence-corrected chi connectivity index (χ1v) is 11.9. The summed E-state index contributed by atoms with van der Waals surface area (Å²) >= 11 is 7.40. The summed E-state index contributed by atoms with van der Waals surface area (Å²) in [5.74, 6) is 0.853. The molecule has 4 nitrogen and oxygen atoms in total. The van der Waals surface area contributed by atoms with Crippen LogP contribution >= 0.6 is 24.0 Å². The van der Waals surface area contributed by atoms with Gasteiger partial charge in [0.25, 0.3) is 0 Å².